The van der Waals surface area contributed by atoms with E-state index in [1.165, 1.54) is 0 Å². The van der Waals surface area contributed by atoms with E-state index in [-0.39, 0.29) is 11.5 Å². The monoisotopic (exact) mass is 344 g/mol. The van der Waals surface area contributed by atoms with Crippen LogP contribution in [-0.4, -0.2) is 17.5 Å². The van der Waals surface area contributed by atoms with Crippen molar-refractivity contribution in [2.24, 2.45) is 0 Å². The highest BCUT2D eigenvalue weighted by Crippen LogP contribution is 2.35. The van der Waals surface area contributed by atoms with E-state index in [0.717, 1.165) is 33.3 Å². The van der Waals surface area contributed by atoms with E-state index in [1.807, 2.05) is 49.4 Å². The summed E-state index contributed by atoms with van der Waals surface area (Å²) < 4.78 is 1.76. The summed E-state index contributed by atoms with van der Waals surface area (Å²) in [4.78, 5) is 26.9. The Balaban J connectivity index is 2.03. The summed E-state index contributed by atoms with van der Waals surface area (Å²) >= 11 is 0. The van der Waals surface area contributed by atoms with Gasteiger partial charge in [0.25, 0.3) is 11.5 Å². The van der Waals surface area contributed by atoms with E-state index >= 15 is 0 Å². The molecule has 2 aromatic carbocycles. The minimum atomic E-state index is -0.0501. The van der Waals surface area contributed by atoms with Gasteiger partial charge in [0.1, 0.15) is 0 Å². The Bertz CT molecular complexity index is 1120. The van der Waals surface area contributed by atoms with Gasteiger partial charge in [-0.25, -0.2) is 0 Å². The Morgan fingerprint density at radius 1 is 1.00 bits per heavy atom. The zero-order valence-electron chi connectivity index (χ0n) is 15.0. The van der Waals surface area contributed by atoms with Crippen LogP contribution in [-0.2, 0) is 13.0 Å². The number of aryl methyl sites for hydroxylation is 1. The van der Waals surface area contributed by atoms with Gasteiger partial charge >= 0.3 is 0 Å². The van der Waals surface area contributed by atoms with Crippen LogP contribution in [0.2, 0.25) is 0 Å². The first kappa shape index (κ1) is 16.3. The second-order valence-electron chi connectivity index (χ2n) is 6.60. The van der Waals surface area contributed by atoms with Crippen LogP contribution in [0.1, 0.15) is 28.4 Å². The maximum atomic E-state index is 13.0. The van der Waals surface area contributed by atoms with Crippen molar-refractivity contribution in [1.29, 1.82) is 0 Å². The first-order valence-electron chi connectivity index (χ1n) is 8.73. The second kappa shape index (κ2) is 5.99. The number of pyridine rings is 1. The summed E-state index contributed by atoms with van der Waals surface area (Å²) in [7, 11) is 1.80. The zero-order valence-corrected chi connectivity index (χ0v) is 15.0. The third kappa shape index (κ3) is 2.30. The van der Waals surface area contributed by atoms with Gasteiger partial charge in [-0.1, -0.05) is 24.8 Å². The summed E-state index contributed by atoms with van der Waals surface area (Å²) in [5.74, 6) is -0.0501. The minimum absolute atomic E-state index is 0.0144. The fourth-order valence-corrected chi connectivity index (χ4v) is 3.83. The molecule has 0 N–H and O–H groups in total. The van der Waals surface area contributed by atoms with Gasteiger partial charge in [-0.2, -0.15) is 0 Å². The number of carbonyl (C=O) groups excluding carboxylic acids is 1. The molecule has 1 aromatic heterocycles. The Morgan fingerprint density at radius 2 is 1.73 bits per heavy atom. The molecule has 2 heterocycles. The lowest BCUT2D eigenvalue weighted by molar-refractivity contribution is 0.0992. The Labute approximate surface area is 152 Å². The second-order valence-corrected chi connectivity index (χ2v) is 6.60. The topological polar surface area (TPSA) is 42.3 Å². The minimum Gasteiger partial charge on any atom is -0.311 e. The predicted molar refractivity (Wildman–Crippen MR) is 106 cm³/mol. The van der Waals surface area contributed by atoms with Crippen molar-refractivity contribution in [1.82, 2.24) is 4.57 Å². The van der Waals surface area contributed by atoms with Crippen molar-refractivity contribution in [2.45, 2.75) is 19.9 Å². The van der Waals surface area contributed by atoms with Gasteiger partial charge < -0.3 is 9.47 Å². The van der Waals surface area contributed by atoms with E-state index < -0.39 is 0 Å². The van der Waals surface area contributed by atoms with Gasteiger partial charge in [0.2, 0.25) is 0 Å². The Hall–Kier alpha value is -3.14. The molecule has 0 aliphatic carbocycles. The molecule has 0 saturated heterocycles. The Morgan fingerprint density at radius 3 is 2.46 bits per heavy atom. The van der Waals surface area contributed by atoms with Crippen molar-refractivity contribution >= 4 is 28.1 Å². The third-order valence-corrected chi connectivity index (χ3v) is 5.17. The molecular formula is C22H20N2O2. The number of aromatic nitrogens is 1. The van der Waals surface area contributed by atoms with E-state index in [4.69, 9.17) is 0 Å². The zero-order chi connectivity index (χ0) is 18.4. The van der Waals surface area contributed by atoms with Gasteiger partial charge in [-0.3, -0.25) is 9.59 Å². The van der Waals surface area contributed by atoms with E-state index in [2.05, 4.69) is 6.58 Å². The first-order valence-corrected chi connectivity index (χ1v) is 8.73. The number of hydrogen-bond donors (Lipinski definition) is 0. The molecule has 0 radical (unpaired) electrons. The number of hydrogen-bond acceptors (Lipinski definition) is 2. The van der Waals surface area contributed by atoms with Crippen molar-refractivity contribution in [3.63, 3.8) is 0 Å². The molecule has 0 fully saturated rings. The molecule has 1 amide bonds. The van der Waals surface area contributed by atoms with E-state index in [0.29, 0.717) is 18.5 Å². The molecule has 0 bridgehead atoms. The number of amides is 1. The average molecular weight is 344 g/mol. The summed E-state index contributed by atoms with van der Waals surface area (Å²) in [6, 6.07) is 14.9. The van der Waals surface area contributed by atoms with Crippen molar-refractivity contribution < 1.29 is 4.79 Å². The average Bonchev–Trinajstić information content (AvgIpc) is 2.66. The maximum Gasteiger partial charge on any atom is 0.258 e. The number of fused-ring (bicyclic) bond motifs is 4. The van der Waals surface area contributed by atoms with Gasteiger partial charge in [0.05, 0.1) is 5.52 Å². The number of nitrogens with zero attached hydrogens (tertiary/aromatic N) is 2. The molecular weight excluding hydrogens is 324 g/mol. The lowest BCUT2D eigenvalue weighted by Gasteiger charge is -2.27. The molecule has 4 heteroatoms. The molecule has 0 spiro atoms. The van der Waals surface area contributed by atoms with Crippen LogP contribution in [0.5, 0.6) is 0 Å². The van der Waals surface area contributed by atoms with Gasteiger partial charge in [0, 0.05) is 42.7 Å². The van der Waals surface area contributed by atoms with E-state index in [9.17, 15) is 9.59 Å². The van der Waals surface area contributed by atoms with Crippen molar-refractivity contribution in [3.8, 4) is 0 Å². The highest BCUT2D eigenvalue weighted by molar-refractivity contribution is 6.11. The SMILES string of the molecule is C=C1Cc2c(ccc3c2ccc(=O)n3CC)N(C)C(=O)c2ccccc21. The van der Waals surface area contributed by atoms with Crippen LogP contribution in [0.3, 0.4) is 0 Å². The predicted octanol–water partition coefficient (Wildman–Crippen LogP) is 3.87. The fourth-order valence-electron chi connectivity index (χ4n) is 3.83. The van der Waals surface area contributed by atoms with Crippen LogP contribution >= 0.6 is 0 Å². The van der Waals surface area contributed by atoms with Crippen molar-refractivity contribution in [2.75, 3.05) is 11.9 Å². The number of allylic oxidation sites excluding steroid dienone is 1. The van der Waals surface area contributed by atoms with Crippen molar-refractivity contribution in [3.05, 3.63) is 82.2 Å². The molecule has 1 aliphatic rings. The smallest absolute Gasteiger partial charge is 0.258 e. The van der Waals surface area contributed by atoms with Gasteiger partial charge in [0.15, 0.2) is 0 Å². The van der Waals surface area contributed by atoms with Crippen LogP contribution in [0.25, 0.3) is 16.5 Å². The highest BCUT2D eigenvalue weighted by Gasteiger charge is 2.25. The maximum absolute atomic E-state index is 13.0. The summed E-state index contributed by atoms with van der Waals surface area (Å²) in [6.45, 7) is 6.81. The van der Waals surface area contributed by atoms with E-state index in [1.54, 1.807) is 22.6 Å². The third-order valence-electron chi connectivity index (χ3n) is 5.17. The normalized spacial score (nSPS) is 14.0. The molecule has 4 rings (SSSR count). The molecule has 0 saturated carbocycles. The molecule has 3 aromatic rings. The van der Waals surface area contributed by atoms with Crippen LogP contribution in [0, 0.1) is 0 Å². The largest absolute Gasteiger partial charge is 0.311 e. The quantitative estimate of drug-likeness (QED) is 0.672. The molecule has 4 nitrogen and oxygen atoms in total. The summed E-state index contributed by atoms with van der Waals surface area (Å²) in [5.41, 5.74) is 5.23. The highest BCUT2D eigenvalue weighted by atomic mass is 16.2. The molecule has 130 valence electrons. The lowest BCUT2D eigenvalue weighted by Crippen LogP contribution is -2.30. The molecule has 1 aliphatic heterocycles. The number of carbonyl (C=O) groups is 1. The standard InChI is InChI=1S/C22H20N2O2/c1-4-24-20-11-10-19-18(16(20)9-12-21(24)25)13-14(2)15-7-5-6-8-17(15)22(26)23(19)3/h5-12H,2,4,13H2,1,3H3. The number of rotatable bonds is 1. The summed E-state index contributed by atoms with van der Waals surface area (Å²) in [6.07, 6.45) is 0.628. The molecule has 26 heavy (non-hydrogen) atoms. The first-order chi connectivity index (χ1) is 12.5. The number of benzene rings is 2. The molecule has 0 atom stereocenters. The Kier molecular flexibility index (Phi) is 3.76. The summed E-state index contributed by atoms with van der Waals surface area (Å²) in [5, 5.41) is 0.990. The van der Waals surface area contributed by atoms with Gasteiger partial charge in [-0.15, -0.1) is 0 Å². The number of anilines is 1. The van der Waals surface area contributed by atoms with Crippen LogP contribution < -0.4 is 10.5 Å². The molecule has 0 unspecified atom stereocenters. The fraction of sp³-hybridized carbons (Fsp3) is 0.182. The van der Waals surface area contributed by atoms with Crippen LogP contribution in [0.4, 0.5) is 5.69 Å². The van der Waals surface area contributed by atoms with Gasteiger partial charge in [-0.05, 0) is 47.9 Å². The van der Waals surface area contributed by atoms with Crippen LogP contribution in [0.15, 0.2) is 59.9 Å². The lowest BCUT2D eigenvalue weighted by atomic mass is 9.90.